The van der Waals surface area contributed by atoms with Gasteiger partial charge in [0.25, 0.3) is 0 Å². The van der Waals surface area contributed by atoms with Gasteiger partial charge in [0.15, 0.2) is 0 Å². The first kappa shape index (κ1) is 9.88. The zero-order valence-electron chi connectivity index (χ0n) is 6.92. The van der Waals surface area contributed by atoms with Crippen LogP contribution in [-0.2, 0) is 4.74 Å². The van der Waals surface area contributed by atoms with Crippen LogP contribution in [0.3, 0.4) is 0 Å². The standard InChI is InChI=1S/C7H17NO2/c1-6(2)10-5-7(3,9)4-8/h6,9H,4-5,8H2,1-3H3. The molecule has 0 heterocycles. The predicted octanol–water partition coefficient (Wildman–Crippen LogP) is 0.121. The van der Waals surface area contributed by atoms with E-state index in [1.54, 1.807) is 6.92 Å². The van der Waals surface area contributed by atoms with Gasteiger partial charge in [0.1, 0.15) is 0 Å². The molecule has 1 atom stereocenters. The molecule has 0 aliphatic heterocycles. The summed E-state index contributed by atoms with van der Waals surface area (Å²) in [4.78, 5) is 0. The van der Waals surface area contributed by atoms with Crippen molar-refractivity contribution >= 4 is 0 Å². The Hall–Kier alpha value is -0.120. The number of aliphatic hydroxyl groups is 1. The summed E-state index contributed by atoms with van der Waals surface area (Å²) in [6.07, 6.45) is 0.151. The number of nitrogens with two attached hydrogens (primary N) is 1. The molecule has 0 bridgehead atoms. The summed E-state index contributed by atoms with van der Waals surface area (Å²) >= 11 is 0. The Morgan fingerprint density at radius 1 is 1.60 bits per heavy atom. The molecule has 0 aliphatic rings. The minimum absolute atomic E-state index is 0.151. The second-order valence-corrected chi connectivity index (χ2v) is 3.06. The van der Waals surface area contributed by atoms with Gasteiger partial charge in [-0.25, -0.2) is 0 Å². The molecule has 0 fully saturated rings. The van der Waals surface area contributed by atoms with Crippen LogP contribution >= 0.6 is 0 Å². The Bertz CT molecular complexity index is 91.6. The smallest absolute Gasteiger partial charge is 0.0973 e. The first-order valence-electron chi connectivity index (χ1n) is 3.52. The van der Waals surface area contributed by atoms with Gasteiger partial charge in [-0.3, -0.25) is 0 Å². The minimum Gasteiger partial charge on any atom is -0.386 e. The topological polar surface area (TPSA) is 55.5 Å². The molecule has 1 unspecified atom stereocenters. The van der Waals surface area contributed by atoms with E-state index in [0.29, 0.717) is 6.61 Å². The Morgan fingerprint density at radius 3 is 2.40 bits per heavy atom. The van der Waals surface area contributed by atoms with E-state index in [0.717, 1.165) is 0 Å². The second-order valence-electron chi connectivity index (χ2n) is 3.06. The van der Waals surface area contributed by atoms with Crippen LogP contribution < -0.4 is 5.73 Å². The van der Waals surface area contributed by atoms with E-state index in [4.69, 9.17) is 10.5 Å². The van der Waals surface area contributed by atoms with Gasteiger partial charge in [0.05, 0.1) is 18.3 Å². The Kier molecular flexibility index (Phi) is 3.86. The third kappa shape index (κ3) is 4.73. The zero-order chi connectivity index (χ0) is 8.20. The first-order chi connectivity index (χ1) is 4.48. The SMILES string of the molecule is CC(C)OCC(C)(O)CN. The van der Waals surface area contributed by atoms with Crippen molar-refractivity contribution in [1.82, 2.24) is 0 Å². The molecule has 0 aromatic carbocycles. The van der Waals surface area contributed by atoms with Crippen molar-refractivity contribution in [1.29, 1.82) is 0 Å². The average molecular weight is 147 g/mol. The molecule has 10 heavy (non-hydrogen) atoms. The van der Waals surface area contributed by atoms with E-state index in [2.05, 4.69) is 0 Å². The summed E-state index contributed by atoms with van der Waals surface area (Å²) in [7, 11) is 0. The molecule has 0 aromatic heterocycles. The predicted molar refractivity (Wildman–Crippen MR) is 40.8 cm³/mol. The molecule has 3 nitrogen and oxygen atoms in total. The molecule has 0 saturated carbocycles. The maximum absolute atomic E-state index is 9.32. The van der Waals surface area contributed by atoms with Crippen LogP contribution in [0, 0.1) is 0 Å². The normalized spacial score (nSPS) is 17.4. The van der Waals surface area contributed by atoms with Crippen LogP contribution in [0.2, 0.25) is 0 Å². The molecule has 0 aliphatic carbocycles. The van der Waals surface area contributed by atoms with Crippen molar-refractivity contribution in [2.24, 2.45) is 5.73 Å². The average Bonchev–Trinajstić information content (AvgIpc) is 1.85. The lowest BCUT2D eigenvalue weighted by Crippen LogP contribution is -2.39. The summed E-state index contributed by atoms with van der Waals surface area (Å²) in [5, 5.41) is 9.32. The lowest BCUT2D eigenvalue weighted by atomic mass is 10.1. The highest BCUT2D eigenvalue weighted by Crippen LogP contribution is 2.02. The molecule has 0 rings (SSSR count). The van der Waals surface area contributed by atoms with Crippen molar-refractivity contribution in [3.63, 3.8) is 0 Å². The van der Waals surface area contributed by atoms with E-state index in [9.17, 15) is 5.11 Å². The fourth-order valence-corrected chi connectivity index (χ4v) is 0.405. The minimum atomic E-state index is -0.871. The fourth-order valence-electron chi connectivity index (χ4n) is 0.405. The van der Waals surface area contributed by atoms with Crippen molar-refractivity contribution in [2.45, 2.75) is 32.5 Å². The molecule has 3 N–H and O–H groups in total. The van der Waals surface area contributed by atoms with E-state index in [1.807, 2.05) is 13.8 Å². The fraction of sp³-hybridized carbons (Fsp3) is 1.00. The molecule has 62 valence electrons. The molecule has 3 heteroatoms. The van der Waals surface area contributed by atoms with Gasteiger partial charge in [0, 0.05) is 6.54 Å². The van der Waals surface area contributed by atoms with Crippen LogP contribution in [0.4, 0.5) is 0 Å². The highest BCUT2D eigenvalue weighted by molar-refractivity contribution is 4.72. The van der Waals surface area contributed by atoms with Crippen LogP contribution in [0.15, 0.2) is 0 Å². The summed E-state index contributed by atoms with van der Waals surface area (Å²) in [6, 6.07) is 0. The van der Waals surface area contributed by atoms with E-state index < -0.39 is 5.60 Å². The quantitative estimate of drug-likeness (QED) is 0.594. The van der Waals surface area contributed by atoms with Gasteiger partial charge in [-0.05, 0) is 20.8 Å². The molecular formula is C7H17NO2. The second kappa shape index (κ2) is 3.91. The zero-order valence-corrected chi connectivity index (χ0v) is 6.92. The highest BCUT2D eigenvalue weighted by Gasteiger charge is 2.18. The van der Waals surface area contributed by atoms with Gasteiger partial charge in [-0.1, -0.05) is 0 Å². The van der Waals surface area contributed by atoms with Gasteiger partial charge < -0.3 is 15.6 Å². The third-order valence-electron chi connectivity index (χ3n) is 1.17. The number of hydrogen-bond donors (Lipinski definition) is 2. The summed E-state index contributed by atoms with van der Waals surface area (Å²) in [6.45, 7) is 6.05. The van der Waals surface area contributed by atoms with Crippen molar-refractivity contribution in [2.75, 3.05) is 13.2 Å². The number of ether oxygens (including phenoxy) is 1. The Balaban J connectivity index is 3.46. The lowest BCUT2D eigenvalue weighted by Gasteiger charge is -2.21. The maximum Gasteiger partial charge on any atom is 0.0973 e. The summed E-state index contributed by atoms with van der Waals surface area (Å²) in [5.74, 6) is 0. The monoisotopic (exact) mass is 147 g/mol. The van der Waals surface area contributed by atoms with Crippen LogP contribution in [0.1, 0.15) is 20.8 Å². The third-order valence-corrected chi connectivity index (χ3v) is 1.17. The van der Waals surface area contributed by atoms with Crippen LogP contribution in [-0.4, -0.2) is 30.0 Å². The molecule has 0 aromatic rings. The number of hydrogen-bond acceptors (Lipinski definition) is 3. The first-order valence-corrected chi connectivity index (χ1v) is 3.52. The van der Waals surface area contributed by atoms with Crippen molar-refractivity contribution in [3.8, 4) is 0 Å². The Morgan fingerprint density at radius 2 is 2.10 bits per heavy atom. The highest BCUT2D eigenvalue weighted by atomic mass is 16.5. The molecule has 0 amide bonds. The molecular weight excluding hydrogens is 130 g/mol. The van der Waals surface area contributed by atoms with Gasteiger partial charge in [-0.2, -0.15) is 0 Å². The van der Waals surface area contributed by atoms with Crippen molar-refractivity contribution in [3.05, 3.63) is 0 Å². The molecule has 0 saturated heterocycles. The largest absolute Gasteiger partial charge is 0.386 e. The van der Waals surface area contributed by atoms with E-state index in [-0.39, 0.29) is 12.6 Å². The summed E-state index contributed by atoms with van der Waals surface area (Å²) in [5.41, 5.74) is 4.39. The summed E-state index contributed by atoms with van der Waals surface area (Å²) < 4.78 is 5.17. The molecule has 0 radical (unpaired) electrons. The van der Waals surface area contributed by atoms with Crippen LogP contribution in [0.25, 0.3) is 0 Å². The Labute approximate surface area is 62.2 Å². The van der Waals surface area contributed by atoms with Gasteiger partial charge in [0.2, 0.25) is 0 Å². The maximum atomic E-state index is 9.32. The van der Waals surface area contributed by atoms with Gasteiger partial charge >= 0.3 is 0 Å². The molecule has 0 spiro atoms. The van der Waals surface area contributed by atoms with E-state index >= 15 is 0 Å². The number of rotatable bonds is 4. The van der Waals surface area contributed by atoms with Gasteiger partial charge in [-0.15, -0.1) is 0 Å². The van der Waals surface area contributed by atoms with Crippen molar-refractivity contribution < 1.29 is 9.84 Å². The van der Waals surface area contributed by atoms with Crippen LogP contribution in [0.5, 0.6) is 0 Å². The lowest BCUT2D eigenvalue weighted by molar-refractivity contribution is -0.0477. The van der Waals surface area contributed by atoms with E-state index in [1.165, 1.54) is 0 Å².